The van der Waals surface area contributed by atoms with Crippen LogP contribution in [0.4, 0.5) is 4.79 Å². The summed E-state index contributed by atoms with van der Waals surface area (Å²) < 4.78 is 0. The standard InChI is InChI=1S/C13H17N3O3/c1-9-3-6-14-7-10(9)8-15-12(19)16-13(11(17)18)4-2-5-13/h3,6-7H,2,4-5,8H2,1H3,(H,17,18)(H2,15,16,19). The maximum absolute atomic E-state index is 11.7. The van der Waals surface area contributed by atoms with Crippen LogP contribution in [0.3, 0.4) is 0 Å². The number of rotatable bonds is 4. The van der Waals surface area contributed by atoms with Gasteiger partial charge in [0.1, 0.15) is 5.54 Å². The summed E-state index contributed by atoms with van der Waals surface area (Å²) in [4.78, 5) is 26.8. The molecule has 1 saturated carbocycles. The number of nitrogens with one attached hydrogen (secondary N) is 2. The van der Waals surface area contributed by atoms with Gasteiger partial charge in [0.05, 0.1) is 0 Å². The van der Waals surface area contributed by atoms with Crippen LogP contribution in [0.5, 0.6) is 0 Å². The second-order valence-electron chi connectivity index (χ2n) is 4.85. The maximum Gasteiger partial charge on any atom is 0.329 e. The Morgan fingerprint density at radius 3 is 2.74 bits per heavy atom. The normalized spacial score (nSPS) is 16.3. The highest BCUT2D eigenvalue weighted by atomic mass is 16.4. The Morgan fingerprint density at radius 2 is 2.21 bits per heavy atom. The summed E-state index contributed by atoms with van der Waals surface area (Å²) in [6.07, 6.45) is 5.18. The molecule has 3 N–H and O–H groups in total. The van der Waals surface area contributed by atoms with Crippen molar-refractivity contribution in [2.24, 2.45) is 0 Å². The fourth-order valence-electron chi connectivity index (χ4n) is 2.04. The number of carbonyl (C=O) groups is 2. The van der Waals surface area contributed by atoms with E-state index in [9.17, 15) is 9.59 Å². The summed E-state index contributed by atoms with van der Waals surface area (Å²) >= 11 is 0. The molecule has 0 radical (unpaired) electrons. The van der Waals surface area contributed by atoms with Gasteiger partial charge in [-0.25, -0.2) is 9.59 Å². The highest BCUT2D eigenvalue weighted by molar-refractivity contribution is 5.87. The molecule has 6 nitrogen and oxygen atoms in total. The SMILES string of the molecule is Cc1ccncc1CNC(=O)NC1(C(=O)O)CCC1. The molecule has 1 aliphatic rings. The molecule has 0 aliphatic heterocycles. The third-order valence-corrected chi connectivity index (χ3v) is 3.56. The summed E-state index contributed by atoms with van der Waals surface area (Å²) in [6, 6.07) is 1.41. The van der Waals surface area contributed by atoms with Crippen LogP contribution in [0, 0.1) is 6.92 Å². The zero-order chi connectivity index (χ0) is 13.9. The first-order chi connectivity index (χ1) is 9.03. The van der Waals surface area contributed by atoms with Crippen molar-refractivity contribution in [3.8, 4) is 0 Å². The molecule has 0 spiro atoms. The molecule has 2 amide bonds. The zero-order valence-corrected chi connectivity index (χ0v) is 10.8. The Morgan fingerprint density at radius 1 is 1.47 bits per heavy atom. The molecular weight excluding hydrogens is 246 g/mol. The monoisotopic (exact) mass is 263 g/mol. The molecule has 1 heterocycles. The second-order valence-corrected chi connectivity index (χ2v) is 4.85. The lowest BCUT2D eigenvalue weighted by molar-refractivity contribution is -0.148. The van der Waals surface area contributed by atoms with Crippen LogP contribution in [0.15, 0.2) is 18.5 Å². The molecule has 1 fully saturated rings. The number of aliphatic carboxylic acids is 1. The Hall–Kier alpha value is -2.11. The van der Waals surface area contributed by atoms with Crippen molar-refractivity contribution >= 4 is 12.0 Å². The minimum atomic E-state index is -1.08. The van der Waals surface area contributed by atoms with Crippen LogP contribution in [0.2, 0.25) is 0 Å². The van der Waals surface area contributed by atoms with Gasteiger partial charge in [-0.3, -0.25) is 4.98 Å². The van der Waals surface area contributed by atoms with E-state index in [2.05, 4.69) is 15.6 Å². The molecule has 0 atom stereocenters. The van der Waals surface area contributed by atoms with Gasteiger partial charge < -0.3 is 15.7 Å². The number of carboxylic acids is 1. The number of carboxylic acid groups (broad SMARTS) is 1. The zero-order valence-electron chi connectivity index (χ0n) is 10.8. The number of aryl methyl sites for hydroxylation is 1. The van der Waals surface area contributed by atoms with Crippen molar-refractivity contribution < 1.29 is 14.7 Å². The van der Waals surface area contributed by atoms with E-state index in [1.165, 1.54) is 0 Å². The minimum absolute atomic E-state index is 0.335. The van der Waals surface area contributed by atoms with Crippen LogP contribution in [0.25, 0.3) is 0 Å². The van der Waals surface area contributed by atoms with Crippen molar-refractivity contribution in [1.82, 2.24) is 15.6 Å². The van der Waals surface area contributed by atoms with Gasteiger partial charge in [-0.15, -0.1) is 0 Å². The molecule has 0 bridgehead atoms. The number of nitrogens with zero attached hydrogens (tertiary/aromatic N) is 1. The van der Waals surface area contributed by atoms with Gasteiger partial charge in [-0.1, -0.05) is 0 Å². The number of aromatic nitrogens is 1. The number of amides is 2. The summed E-state index contributed by atoms with van der Waals surface area (Å²) in [5.41, 5.74) is 0.871. The van der Waals surface area contributed by atoms with Crippen molar-refractivity contribution in [2.45, 2.75) is 38.3 Å². The van der Waals surface area contributed by atoms with Gasteiger partial charge in [0.15, 0.2) is 0 Å². The van der Waals surface area contributed by atoms with E-state index in [-0.39, 0.29) is 0 Å². The van der Waals surface area contributed by atoms with Crippen molar-refractivity contribution in [3.05, 3.63) is 29.6 Å². The van der Waals surface area contributed by atoms with Crippen LogP contribution in [-0.2, 0) is 11.3 Å². The van der Waals surface area contributed by atoms with Crippen LogP contribution in [0.1, 0.15) is 30.4 Å². The minimum Gasteiger partial charge on any atom is -0.480 e. The van der Waals surface area contributed by atoms with Crippen molar-refractivity contribution in [1.29, 1.82) is 0 Å². The van der Waals surface area contributed by atoms with Gasteiger partial charge in [0.25, 0.3) is 0 Å². The second kappa shape index (κ2) is 5.26. The highest BCUT2D eigenvalue weighted by Crippen LogP contribution is 2.31. The fourth-order valence-corrected chi connectivity index (χ4v) is 2.04. The first-order valence-corrected chi connectivity index (χ1v) is 6.22. The van der Waals surface area contributed by atoms with Gasteiger partial charge >= 0.3 is 12.0 Å². The molecule has 0 aromatic carbocycles. The summed E-state index contributed by atoms with van der Waals surface area (Å²) in [5.74, 6) is -0.966. The topological polar surface area (TPSA) is 91.3 Å². The lowest BCUT2D eigenvalue weighted by Crippen LogP contribution is -2.61. The van der Waals surface area contributed by atoms with E-state index < -0.39 is 17.5 Å². The van der Waals surface area contributed by atoms with E-state index in [1.54, 1.807) is 12.4 Å². The third-order valence-electron chi connectivity index (χ3n) is 3.56. The molecular formula is C13H17N3O3. The molecule has 0 saturated heterocycles. The Bertz CT molecular complexity index is 498. The molecule has 19 heavy (non-hydrogen) atoms. The van der Waals surface area contributed by atoms with Crippen molar-refractivity contribution in [2.75, 3.05) is 0 Å². The summed E-state index contributed by atoms with van der Waals surface area (Å²) in [7, 11) is 0. The Kier molecular flexibility index (Phi) is 3.69. The number of pyridine rings is 1. The highest BCUT2D eigenvalue weighted by Gasteiger charge is 2.45. The number of hydrogen-bond acceptors (Lipinski definition) is 3. The molecule has 0 unspecified atom stereocenters. The Labute approximate surface area is 111 Å². The number of carbonyl (C=O) groups excluding carboxylic acids is 1. The Balaban J connectivity index is 1.89. The number of urea groups is 1. The van der Waals surface area contributed by atoms with Gasteiger partial charge in [-0.2, -0.15) is 0 Å². The van der Waals surface area contributed by atoms with Crippen LogP contribution >= 0.6 is 0 Å². The summed E-state index contributed by atoms with van der Waals surface area (Å²) in [6.45, 7) is 2.27. The molecule has 1 aromatic heterocycles. The van der Waals surface area contributed by atoms with E-state index in [4.69, 9.17) is 5.11 Å². The van der Waals surface area contributed by atoms with Gasteiger partial charge in [0.2, 0.25) is 0 Å². The van der Waals surface area contributed by atoms with Crippen molar-refractivity contribution in [3.63, 3.8) is 0 Å². The molecule has 6 heteroatoms. The first-order valence-electron chi connectivity index (χ1n) is 6.22. The first kappa shape index (κ1) is 13.3. The van der Waals surface area contributed by atoms with E-state index in [0.717, 1.165) is 17.5 Å². The lowest BCUT2D eigenvalue weighted by atomic mass is 9.77. The number of hydrogen-bond donors (Lipinski definition) is 3. The molecule has 1 aromatic rings. The smallest absolute Gasteiger partial charge is 0.329 e. The summed E-state index contributed by atoms with van der Waals surface area (Å²) in [5, 5.41) is 14.3. The van der Waals surface area contributed by atoms with Gasteiger partial charge in [-0.05, 0) is 43.4 Å². The van der Waals surface area contributed by atoms with Gasteiger partial charge in [0, 0.05) is 18.9 Å². The predicted molar refractivity (Wildman–Crippen MR) is 68.6 cm³/mol. The quantitative estimate of drug-likeness (QED) is 0.761. The average molecular weight is 263 g/mol. The van der Waals surface area contributed by atoms with E-state index in [1.807, 2.05) is 13.0 Å². The molecule has 102 valence electrons. The average Bonchev–Trinajstić information content (AvgIpc) is 2.32. The molecule has 1 aliphatic carbocycles. The van der Waals surface area contributed by atoms with Crippen LogP contribution < -0.4 is 10.6 Å². The van der Waals surface area contributed by atoms with E-state index in [0.29, 0.717) is 19.4 Å². The third kappa shape index (κ3) is 2.83. The van der Waals surface area contributed by atoms with Crippen LogP contribution in [-0.4, -0.2) is 27.6 Å². The fraction of sp³-hybridized carbons (Fsp3) is 0.462. The molecule has 2 rings (SSSR count). The van der Waals surface area contributed by atoms with E-state index >= 15 is 0 Å². The lowest BCUT2D eigenvalue weighted by Gasteiger charge is -2.38. The largest absolute Gasteiger partial charge is 0.480 e. The predicted octanol–water partition coefficient (Wildman–Crippen LogP) is 1.20. The maximum atomic E-state index is 11.7.